The number of hydrogen-bond donors (Lipinski definition) is 0. The topological polar surface area (TPSA) is 12.5 Å². The molecule has 2 aliphatic heterocycles. The molecule has 82 valence electrons. The van der Waals surface area contributed by atoms with Crippen molar-refractivity contribution in [1.29, 1.82) is 0 Å². The van der Waals surface area contributed by atoms with Gasteiger partial charge in [0.2, 0.25) is 0 Å². The number of rotatable bonds is 1. The van der Waals surface area contributed by atoms with Gasteiger partial charge in [-0.1, -0.05) is 20.3 Å². The Morgan fingerprint density at radius 2 is 2.14 bits per heavy atom. The van der Waals surface area contributed by atoms with Gasteiger partial charge in [0, 0.05) is 11.5 Å². The molecule has 0 radical (unpaired) electrons. The van der Waals surface area contributed by atoms with E-state index in [0.717, 1.165) is 25.0 Å². The van der Waals surface area contributed by atoms with Crippen LogP contribution in [0.5, 0.6) is 0 Å². The normalized spacial score (nSPS) is 39.9. The first-order valence-corrected chi connectivity index (χ1v) is 5.96. The van der Waals surface area contributed by atoms with Gasteiger partial charge in [0.25, 0.3) is 0 Å². The molecule has 0 amide bonds. The highest BCUT2D eigenvalue weighted by Gasteiger charge is 2.48. The quantitative estimate of drug-likeness (QED) is 0.638. The van der Waals surface area contributed by atoms with Gasteiger partial charge in [-0.3, -0.25) is 4.90 Å². The van der Waals surface area contributed by atoms with Gasteiger partial charge in [0.15, 0.2) is 0 Å². The summed E-state index contributed by atoms with van der Waals surface area (Å²) < 4.78 is 5.74. The molecule has 14 heavy (non-hydrogen) atoms. The molecule has 0 aliphatic carbocycles. The molecule has 2 heteroatoms. The number of likely N-dealkylation sites (tertiary alicyclic amines) is 1. The van der Waals surface area contributed by atoms with Crippen molar-refractivity contribution in [2.75, 3.05) is 26.8 Å². The average molecular weight is 197 g/mol. The van der Waals surface area contributed by atoms with Gasteiger partial charge in [-0.25, -0.2) is 0 Å². The third-order valence-corrected chi connectivity index (χ3v) is 4.26. The third kappa shape index (κ3) is 1.49. The largest absolute Gasteiger partial charge is 0.379 e. The van der Waals surface area contributed by atoms with E-state index in [4.69, 9.17) is 4.74 Å². The molecule has 2 nitrogen and oxygen atoms in total. The summed E-state index contributed by atoms with van der Waals surface area (Å²) in [7, 11) is 2.28. The molecule has 2 aliphatic rings. The van der Waals surface area contributed by atoms with E-state index in [-0.39, 0.29) is 0 Å². The molecular weight excluding hydrogens is 174 g/mol. The third-order valence-electron chi connectivity index (χ3n) is 4.26. The van der Waals surface area contributed by atoms with Crippen molar-refractivity contribution in [2.24, 2.45) is 11.8 Å². The maximum atomic E-state index is 5.74. The second kappa shape index (κ2) is 3.82. The second-order valence-corrected chi connectivity index (χ2v) is 5.35. The summed E-state index contributed by atoms with van der Waals surface area (Å²) in [5, 5.41) is 0. The number of likely N-dealkylation sites (N-methyl/N-ethyl adjacent to an activating group) is 1. The molecule has 0 saturated carbocycles. The van der Waals surface area contributed by atoms with Crippen LogP contribution in [0.2, 0.25) is 0 Å². The van der Waals surface area contributed by atoms with Crippen molar-refractivity contribution >= 4 is 0 Å². The zero-order valence-electron chi connectivity index (χ0n) is 9.75. The summed E-state index contributed by atoms with van der Waals surface area (Å²) in [6, 6.07) is 0. The van der Waals surface area contributed by atoms with Crippen molar-refractivity contribution in [3.8, 4) is 0 Å². The Bertz CT molecular complexity index is 204. The van der Waals surface area contributed by atoms with Crippen LogP contribution in [0.1, 0.15) is 33.1 Å². The minimum atomic E-state index is 0.381. The fourth-order valence-corrected chi connectivity index (χ4v) is 3.28. The first-order valence-electron chi connectivity index (χ1n) is 5.96. The number of ether oxygens (including phenoxy) is 1. The highest BCUT2D eigenvalue weighted by molar-refractivity contribution is 5.01. The van der Waals surface area contributed by atoms with Crippen LogP contribution in [0.15, 0.2) is 0 Å². The smallest absolute Gasteiger partial charge is 0.0654 e. The van der Waals surface area contributed by atoms with Gasteiger partial charge >= 0.3 is 0 Å². The molecular formula is C12H23NO. The lowest BCUT2D eigenvalue weighted by Gasteiger charge is -2.46. The fraction of sp³-hybridized carbons (Fsp3) is 1.00. The van der Waals surface area contributed by atoms with Crippen molar-refractivity contribution in [2.45, 2.75) is 38.6 Å². The Morgan fingerprint density at radius 3 is 2.79 bits per heavy atom. The van der Waals surface area contributed by atoms with Crippen LogP contribution in [0.25, 0.3) is 0 Å². The molecule has 0 aromatic rings. The highest BCUT2D eigenvalue weighted by atomic mass is 16.5. The van der Waals surface area contributed by atoms with Gasteiger partial charge in [-0.15, -0.1) is 0 Å². The number of nitrogens with zero attached hydrogens (tertiary/aromatic N) is 1. The monoisotopic (exact) mass is 197 g/mol. The maximum absolute atomic E-state index is 5.74. The Kier molecular flexibility index (Phi) is 2.85. The van der Waals surface area contributed by atoms with Gasteiger partial charge in [0.05, 0.1) is 13.2 Å². The molecule has 0 aromatic heterocycles. The summed E-state index contributed by atoms with van der Waals surface area (Å²) in [6.45, 7) is 7.87. The van der Waals surface area contributed by atoms with Gasteiger partial charge < -0.3 is 4.74 Å². The van der Waals surface area contributed by atoms with Crippen LogP contribution < -0.4 is 0 Å². The van der Waals surface area contributed by atoms with Gasteiger partial charge in [-0.2, -0.15) is 0 Å². The molecule has 2 atom stereocenters. The van der Waals surface area contributed by atoms with Gasteiger partial charge in [-0.05, 0) is 32.4 Å². The predicted octanol–water partition coefficient (Wildman–Crippen LogP) is 2.14. The summed E-state index contributed by atoms with van der Waals surface area (Å²) in [4.78, 5) is 2.56. The molecule has 0 unspecified atom stereocenters. The van der Waals surface area contributed by atoms with E-state index in [1.807, 2.05) is 0 Å². The molecule has 0 N–H and O–H groups in total. The lowest BCUT2D eigenvalue weighted by Crippen LogP contribution is -2.55. The molecule has 2 saturated heterocycles. The SMILES string of the molecule is CC(C)[C@H]1COC[C@]12CCCCN2C. The maximum Gasteiger partial charge on any atom is 0.0654 e. The van der Waals surface area contributed by atoms with E-state index in [9.17, 15) is 0 Å². The summed E-state index contributed by atoms with van der Waals surface area (Å²) >= 11 is 0. The van der Waals surface area contributed by atoms with E-state index in [1.165, 1.54) is 25.8 Å². The highest BCUT2D eigenvalue weighted by Crippen LogP contribution is 2.41. The zero-order chi connectivity index (χ0) is 10.2. The van der Waals surface area contributed by atoms with Gasteiger partial charge in [0.1, 0.15) is 0 Å². The lowest BCUT2D eigenvalue weighted by molar-refractivity contribution is 0.0231. The van der Waals surface area contributed by atoms with Crippen LogP contribution in [0, 0.1) is 11.8 Å². The summed E-state index contributed by atoms with van der Waals surface area (Å²) in [5.74, 6) is 1.49. The molecule has 1 spiro atoms. The predicted molar refractivity (Wildman–Crippen MR) is 58.4 cm³/mol. The zero-order valence-corrected chi connectivity index (χ0v) is 9.75. The number of hydrogen-bond acceptors (Lipinski definition) is 2. The molecule has 0 aromatic carbocycles. The minimum absolute atomic E-state index is 0.381. The van der Waals surface area contributed by atoms with Crippen LogP contribution in [0.4, 0.5) is 0 Å². The van der Waals surface area contributed by atoms with E-state index < -0.39 is 0 Å². The van der Waals surface area contributed by atoms with Crippen LogP contribution in [-0.2, 0) is 4.74 Å². The van der Waals surface area contributed by atoms with E-state index in [1.54, 1.807) is 0 Å². The molecule has 0 bridgehead atoms. The first kappa shape index (κ1) is 10.4. The fourth-order valence-electron chi connectivity index (χ4n) is 3.28. The molecule has 2 rings (SSSR count). The summed E-state index contributed by atoms with van der Waals surface area (Å²) in [5.41, 5.74) is 0.381. The first-order chi connectivity index (χ1) is 6.67. The van der Waals surface area contributed by atoms with Crippen molar-refractivity contribution in [3.05, 3.63) is 0 Å². The molecule has 2 fully saturated rings. The lowest BCUT2D eigenvalue weighted by atomic mass is 9.73. The number of piperidine rings is 1. The Balaban J connectivity index is 2.18. The van der Waals surface area contributed by atoms with E-state index in [0.29, 0.717) is 5.54 Å². The standard InChI is InChI=1S/C12H23NO/c1-10(2)11-8-14-9-12(11)6-4-5-7-13(12)3/h10-11H,4-9H2,1-3H3/t11-,12-/m1/s1. The Hall–Kier alpha value is -0.0800. The minimum Gasteiger partial charge on any atom is -0.379 e. The van der Waals surface area contributed by atoms with Crippen molar-refractivity contribution < 1.29 is 4.74 Å². The van der Waals surface area contributed by atoms with E-state index >= 15 is 0 Å². The average Bonchev–Trinajstić information content (AvgIpc) is 2.55. The van der Waals surface area contributed by atoms with Crippen molar-refractivity contribution in [3.63, 3.8) is 0 Å². The second-order valence-electron chi connectivity index (χ2n) is 5.35. The van der Waals surface area contributed by atoms with Crippen molar-refractivity contribution in [1.82, 2.24) is 4.90 Å². The molecule has 2 heterocycles. The van der Waals surface area contributed by atoms with Crippen LogP contribution in [-0.4, -0.2) is 37.2 Å². The Morgan fingerprint density at radius 1 is 1.36 bits per heavy atom. The van der Waals surface area contributed by atoms with Crippen LogP contribution >= 0.6 is 0 Å². The van der Waals surface area contributed by atoms with Crippen LogP contribution in [0.3, 0.4) is 0 Å². The summed E-state index contributed by atoms with van der Waals surface area (Å²) in [6.07, 6.45) is 4.09. The Labute approximate surface area is 87.6 Å². The van der Waals surface area contributed by atoms with E-state index in [2.05, 4.69) is 25.8 Å².